The quantitative estimate of drug-likeness (QED) is 0.713. The predicted molar refractivity (Wildman–Crippen MR) is 100 cm³/mol. The highest BCUT2D eigenvalue weighted by molar-refractivity contribution is 5.97. The molecule has 5 heteroatoms. The van der Waals surface area contributed by atoms with Gasteiger partial charge in [0.2, 0.25) is 17.6 Å². The van der Waals surface area contributed by atoms with Crippen LogP contribution in [0.25, 0.3) is 11.4 Å². The Morgan fingerprint density at radius 1 is 1.04 bits per heavy atom. The highest BCUT2D eigenvalue weighted by Gasteiger charge is 2.35. The molecule has 1 unspecified atom stereocenters. The monoisotopic (exact) mass is 347 g/mol. The SMILES string of the molecule is Cc1ccc(-c2noc(C3CC(=O)N(c4cc(C)ccc4C)C3)n2)cc1. The Bertz CT molecular complexity index is 960. The number of carbonyl (C=O) groups is 1. The van der Waals surface area contributed by atoms with E-state index in [9.17, 15) is 4.79 Å². The Kier molecular flexibility index (Phi) is 4.07. The maximum atomic E-state index is 12.6. The van der Waals surface area contributed by atoms with Gasteiger partial charge in [0.05, 0.1) is 5.92 Å². The van der Waals surface area contributed by atoms with Crippen LogP contribution in [0.2, 0.25) is 0 Å². The van der Waals surface area contributed by atoms with Crippen molar-refractivity contribution in [1.82, 2.24) is 10.1 Å². The number of aromatic nitrogens is 2. The molecule has 1 aliphatic rings. The number of aryl methyl sites for hydroxylation is 3. The lowest BCUT2D eigenvalue weighted by molar-refractivity contribution is -0.117. The van der Waals surface area contributed by atoms with Crippen molar-refractivity contribution in [2.45, 2.75) is 33.1 Å². The van der Waals surface area contributed by atoms with Crippen molar-refractivity contribution < 1.29 is 9.32 Å². The van der Waals surface area contributed by atoms with Crippen LogP contribution in [0.1, 0.15) is 34.9 Å². The van der Waals surface area contributed by atoms with Gasteiger partial charge >= 0.3 is 0 Å². The highest BCUT2D eigenvalue weighted by Crippen LogP contribution is 2.33. The third kappa shape index (κ3) is 3.01. The van der Waals surface area contributed by atoms with Crippen molar-refractivity contribution in [2.75, 3.05) is 11.4 Å². The van der Waals surface area contributed by atoms with Crippen molar-refractivity contribution in [3.8, 4) is 11.4 Å². The molecule has 132 valence electrons. The number of nitrogens with zero attached hydrogens (tertiary/aromatic N) is 3. The van der Waals surface area contributed by atoms with E-state index in [1.165, 1.54) is 5.56 Å². The van der Waals surface area contributed by atoms with Gasteiger partial charge in [0, 0.05) is 24.2 Å². The van der Waals surface area contributed by atoms with Crippen molar-refractivity contribution >= 4 is 11.6 Å². The average Bonchev–Trinajstić information content (AvgIpc) is 3.25. The summed E-state index contributed by atoms with van der Waals surface area (Å²) < 4.78 is 5.48. The van der Waals surface area contributed by atoms with E-state index in [1.54, 1.807) is 0 Å². The summed E-state index contributed by atoms with van der Waals surface area (Å²) in [7, 11) is 0. The summed E-state index contributed by atoms with van der Waals surface area (Å²) in [6, 6.07) is 14.2. The molecule has 0 radical (unpaired) electrons. The molecule has 3 aromatic rings. The second-order valence-corrected chi connectivity index (χ2v) is 7.02. The van der Waals surface area contributed by atoms with Crippen LogP contribution in [0.4, 0.5) is 5.69 Å². The van der Waals surface area contributed by atoms with Crippen molar-refractivity contribution in [2.24, 2.45) is 0 Å². The van der Waals surface area contributed by atoms with Crippen LogP contribution in [-0.4, -0.2) is 22.6 Å². The van der Waals surface area contributed by atoms with Crippen LogP contribution >= 0.6 is 0 Å². The third-order valence-corrected chi connectivity index (χ3v) is 4.88. The molecule has 0 bridgehead atoms. The number of hydrogen-bond acceptors (Lipinski definition) is 4. The summed E-state index contributed by atoms with van der Waals surface area (Å²) in [5.74, 6) is 1.12. The van der Waals surface area contributed by atoms with Crippen LogP contribution < -0.4 is 4.90 Å². The molecule has 1 aromatic heterocycles. The van der Waals surface area contributed by atoms with Crippen molar-refractivity contribution in [3.05, 3.63) is 65.0 Å². The highest BCUT2D eigenvalue weighted by atomic mass is 16.5. The fourth-order valence-electron chi connectivity index (χ4n) is 3.34. The second kappa shape index (κ2) is 6.41. The number of benzene rings is 2. The van der Waals surface area contributed by atoms with E-state index in [2.05, 4.69) is 22.3 Å². The summed E-state index contributed by atoms with van der Waals surface area (Å²) in [5.41, 5.74) is 5.30. The van der Waals surface area contributed by atoms with Gasteiger partial charge in [0.1, 0.15) is 0 Å². The van der Waals surface area contributed by atoms with E-state index in [1.807, 2.05) is 56.0 Å². The third-order valence-electron chi connectivity index (χ3n) is 4.88. The molecular weight excluding hydrogens is 326 g/mol. The van der Waals surface area contributed by atoms with Gasteiger partial charge in [0.25, 0.3) is 0 Å². The molecule has 2 aromatic carbocycles. The van der Waals surface area contributed by atoms with Gasteiger partial charge in [-0.3, -0.25) is 4.79 Å². The molecule has 0 N–H and O–H groups in total. The molecule has 5 nitrogen and oxygen atoms in total. The van der Waals surface area contributed by atoms with Gasteiger partial charge < -0.3 is 9.42 Å². The maximum absolute atomic E-state index is 12.6. The van der Waals surface area contributed by atoms with Gasteiger partial charge in [-0.2, -0.15) is 4.98 Å². The fourth-order valence-corrected chi connectivity index (χ4v) is 3.34. The van der Waals surface area contributed by atoms with Crippen LogP contribution in [0.3, 0.4) is 0 Å². The summed E-state index contributed by atoms with van der Waals surface area (Å²) in [6.45, 7) is 6.67. The van der Waals surface area contributed by atoms with E-state index >= 15 is 0 Å². The van der Waals surface area contributed by atoms with Crippen molar-refractivity contribution in [3.63, 3.8) is 0 Å². The fraction of sp³-hybridized carbons (Fsp3) is 0.286. The first-order valence-electron chi connectivity index (χ1n) is 8.79. The first-order valence-corrected chi connectivity index (χ1v) is 8.79. The Morgan fingerprint density at radius 2 is 1.77 bits per heavy atom. The van der Waals surface area contributed by atoms with Gasteiger partial charge in [-0.1, -0.05) is 47.1 Å². The van der Waals surface area contributed by atoms with Gasteiger partial charge in [-0.25, -0.2) is 0 Å². The number of anilines is 1. The van der Waals surface area contributed by atoms with Gasteiger partial charge in [-0.15, -0.1) is 0 Å². The molecule has 1 fully saturated rings. The molecule has 2 heterocycles. The lowest BCUT2D eigenvalue weighted by Gasteiger charge is -2.19. The van der Waals surface area contributed by atoms with Crippen molar-refractivity contribution in [1.29, 1.82) is 0 Å². The standard InChI is InChI=1S/C21H21N3O2/c1-13-5-8-16(9-6-13)20-22-21(26-23-20)17-11-19(25)24(12-17)18-10-14(2)4-7-15(18)3/h4-10,17H,11-12H2,1-3H3. The molecule has 26 heavy (non-hydrogen) atoms. The summed E-state index contributed by atoms with van der Waals surface area (Å²) in [5, 5.41) is 4.10. The van der Waals surface area contributed by atoms with E-state index in [0.29, 0.717) is 24.7 Å². The molecule has 1 aliphatic heterocycles. The van der Waals surface area contributed by atoms with Crippen LogP contribution in [0, 0.1) is 20.8 Å². The zero-order valence-electron chi connectivity index (χ0n) is 15.2. The van der Waals surface area contributed by atoms with Gasteiger partial charge in [-0.05, 0) is 38.0 Å². The Balaban J connectivity index is 1.58. The maximum Gasteiger partial charge on any atom is 0.232 e. The first-order chi connectivity index (χ1) is 12.5. The molecule has 1 atom stereocenters. The molecule has 0 spiro atoms. The number of hydrogen-bond donors (Lipinski definition) is 0. The minimum Gasteiger partial charge on any atom is -0.339 e. The summed E-state index contributed by atoms with van der Waals surface area (Å²) in [4.78, 5) is 18.9. The zero-order chi connectivity index (χ0) is 18.3. The minimum atomic E-state index is -0.0749. The molecule has 4 rings (SSSR count). The van der Waals surface area contributed by atoms with Crippen LogP contribution in [0.5, 0.6) is 0 Å². The van der Waals surface area contributed by atoms with Crippen LogP contribution in [-0.2, 0) is 4.79 Å². The topological polar surface area (TPSA) is 59.2 Å². The number of carbonyl (C=O) groups excluding carboxylic acids is 1. The van der Waals surface area contributed by atoms with Crippen LogP contribution in [0.15, 0.2) is 47.0 Å². The number of rotatable bonds is 3. The second-order valence-electron chi connectivity index (χ2n) is 7.02. The van der Waals surface area contributed by atoms with E-state index in [4.69, 9.17) is 4.52 Å². The summed E-state index contributed by atoms with van der Waals surface area (Å²) >= 11 is 0. The zero-order valence-corrected chi connectivity index (χ0v) is 15.2. The molecule has 1 amide bonds. The smallest absolute Gasteiger partial charge is 0.232 e. The van der Waals surface area contributed by atoms with Gasteiger partial charge in [0.15, 0.2) is 0 Å². The first kappa shape index (κ1) is 16.5. The lowest BCUT2D eigenvalue weighted by atomic mass is 10.1. The molecule has 1 saturated heterocycles. The molecule has 0 aliphatic carbocycles. The Morgan fingerprint density at radius 3 is 2.54 bits per heavy atom. The molecule has 0 saturated carbocycles. The largest absolute Gasteiger partial charge is 0.339 e. The lowest BCUT2D eigenvalue weighted by Crippen LogP contribution is -2.25. The Labute approximate surface area is 152 Å². The van der Waals surface area contributed by atoms with E-state index < -0.39 is 0 Å². The molecular formula is C21H21N3O2. The van der Waals surface area contributed by atoms with E-state index in [-0.39, 0.29) is 11.8 Å². The Hall–Kier alpha value is -2.95. The summed E-state index contributed by atoms with van der Waals surface area (Å²) in [6.07, 6.45) is 0.392. The average molecular weight is 347 g/mol. The minimum absolute atomic E-state index is 0.0749. The van der Waals surface area contributed by atoms with E-state index in [0.717, 1.165) is 22.4 Å². The predicted octanol–water partition coefficient (Wildman–Crippen LogP) is 4.18. The normalized spacial score (nSPS) is 17.1. The number of amides is 1.